The first kappa shape index (κ1) is 14.1. The van der Waals surface area contributed by atoms with Crippen LogP contribution >= 0.6 is 0 Å². The molecule has 1 saturated carbocycles. The SMILES string of the molecule is CC(C)c1nc(C2CCCCCCC2)oc1C(=O)O. The lowest BCUT2D eigenvalue weighted by Gasteiger charge is -2.16. The summed E-state index contributed by atoms with van der Waals surface area (Å²) in [5, 5.41) is 9.19. The Balaban J connectivity index is 2.23. The van der Waals surface area contributed by atoms with Gasteiger partial charge in [0.1, 0.15) is 0 Å². The van der Waals surface area contributed by atoms with Crippen molar-refractivity contribution in [2.24, 2.45) is 0 Å². The molecule has 4 nitrogen and oxygen atoms in total. The molecule has 19 heavy (non-hydrogen) atoms. The summed E-state index contributed by atoms with van der Waals surface area (Å²) in [5.74, 6) is 0.0476. The van der Waals surface area contributed by atoms with Crippen molar-refractivity contribution in [3.8, 4) is 0 Å². The number of hydrogen-bond donors (Lipinski definition) is 1. The first-order valence-electron chi connectivity index (χ1n) is 7.33. The Hall–Kier alpha value is -1.32. The first-order valence-corrected chi connectivity index (χ1v) is 7.33. The van der Waals surface area contributed by atoms with Gasteiger partial charge in [0, 0.05) is 5.92 Å². The van der Waals surface area contributed by atoms with Gasteiger partial charge in [-0.15, -0.1) is 0 Å². The number of aromatic nitrogens is 1. The van der Waals surface area contributed by atoms with Crippen molar-refractivity contribution in [2.45, 2.75) is 70.6 Å². The summed E-state index contributed by atoms with van der Waals surface area (Å²) < 4.78 is 5.56. The van der Waals surface area contributed by atoms with Crippen molar-refractivity contribution < 1.29 is 14.3 Å². The van der Waals surface area contributed by atoms with Crippen molar-refractivity contribution in [1.82, 2.24) is 4.98 Å². The van der Waals surface area contributed by atoms with Gasteiger partial charge < -0.3 is 9.52 Å². The van der Waals surface area contributed by atoms with Gasteiger partial charge in [0.2, 0.25) is 5.76 Å². The Morgan fingerprint density at radius 2 is 1.79 bits per heavy atom. The molecule has 0 bridgehead atoms. The molecule has 1 aromatic heterocycles. The van der Waals surface area contributed by atoms with Gasteiger partial charge in [0.15, 0.2) is 5.89 Å². The molecule has 1 heterocycles. The van der Waals surface area contributed by atoms with E-state index in [-0.39, 0.29) is 11.7 Å². The number of oxazole rings is 1. The molecule has 0 atom stereocenters. The van der Waals surface area contributed by atoms with Crippen LogP contribution in [-0.4, -0.2) is 16.1 Å². The highest BCUT2D eigenvalue weighted by Gasteiger charge is 2.26. The number of aromatic carboxylic acids is 1. The molecule has 1 aliphatic carbocycles. The van der Waals surface area contributed by atoms with Crippen molar-refractivity contribution in [1.29, 1.82) is 0 Å². The van der Waals surface area contributed by atoms with Gasteiger partial charge in [-0.3, -0.25) is 0 Å². The van der Waals surface area contributed by atoms with Crippen molar-refractivity contribution in [3.05, 3.63) is 17.3 Å². The minimum absolute atomic E-state index is 0.0343. The van der Waals surface area contributed by atoms with Crippen LogP contribution in [-0.2, 0) is 0 Å². The monoisotopic (exact) mass is 265 g/mol. The normalized spacial score (nSPS) is 18.3. The fourth-order valence-electron chi connectivity index (χ4n) is 2.77. The maximum absolute atomic E-state index is 11.2. The van der Waals surface area contributed by atoms with Gasteiger partial charge in [-0.05, 0) is 18.8 Å². The van der Waals surface area contributed by atoms with Crippen LogP contribution in [0.5, 0.6) is 0 Å². The zero-order valence-electron chi connectivity index (χ0n) is 11.8. The summed E-state index contributed by atoms with van der Waals surface area (Å²) >= 11 is 0. The second kappa shape index (κ2) is 6.22. The van der Waals surface area contributed by atoms with E-state index in [2.05, 4.69) is 4.98 Å². The highest BCUT2D eigenvalue weighted by atomic mass is 16.4. The van der Waals surface area contributed by atoms with E-state index in [0.717, 1.165) is 12.8 Å². The van der Waals surface area contributed by atoms with Crippen molar-refractivity contribution in [3.63, 3.8) is 0 Å². The maximum atomic E-state index is 11.2. The number of rotatable bonds is 3. The minimum atomic E-state index is -1.01. The van der Waals surface area contributed by atoms with Crippen LogP contribution in [0.3, 0.4) is 0 Å². The van der Waals surface area contributed by atoms with E-state index in [4.69, 9.17) is 4.42 Å². The maximum Gasteiger partial charge on any atom is 0.373 e. The second-order valence-electron chi connectivity index (χ2n) is 5.77. The standard InChI is InChI=1S/C15H23NO3/c1-10(2)12-13(15(17)18)19-14(16-12)11-8-6-4-3-5-7-9-11/h10-11H,3-9H2,1-2H3,(H,17,18). The predicted molar refractivity (Wildman–Crippen MR) is 72.6 cm³/mol. The van der Waals surface area contributed by atoms with Gasteiger partial charge in [0.05, 0.1) is 5.69 Å². The molecule has 0 aliphatic heterocycles. The number of nitrogens with zero attached hydrogens (tertiary/aromatic N) is 1. The largest absolute Gasteiger partial charge is 0.475 e. The van der Waals surface area contributed by atoms with Crippen LogP contribution < -0.4 is 0 Å². The lowest BCUT2D eigenvalue weighted by Crippen LogP contribution is -2.03. The predicted octanol–water partition coefficient (Wildman–Crippen LogP) is 4.32. The molecule has 106 valence electrons. The Morgan fingerprint density at radius 1 is 1.21 bits per heavy atom. The quantitative estimate of drug-likeness (QED) is 0.883. The van der Waals surface area contributed by atoms with Crippen LogP contribution in [0.25, 0.3) is 0 Å². The fourth-order valence-corrected chi connectivity index (χ4v) is 2.77. The summed E-state index contributed by atoms with van der Waals surface area (Å²) in [6.45, 7) is 3.90. The molecule has 1 fully saturated rings. The van der Waals surface area contributed by atoms with Crippen molar-refractivity contribution >= 4 is 5.97 Å². The van der Waals surface area contributed by atoms with Crippen LogP contribution in [0.2, 0.25) is 0 Å². The minimum Gasteiger partial charge on any atom is -0.475 e. The Kier molecular flexibility index (Phi) is 4.61. The summed E-state index contributed by atoms with van der Waals surface area (Å²) in [7, 11) is 0. The van der Waals surface area contributed by atoms with E-state index >= 15 is 0 Å². The molecule has 0 radical (unpaired) electrons. The molecule has 4 heteroatoms. The molecule has 1 N–H and O–H groups in total. The Bertz CT molecular complexity index is 429. The molecule has 0 unspecified atom stereocenters. The third-order valence-electron chi connectivity index (χ3n) is 3.87. The van der Waals surface area contributed by atoms with Crippen LogP contribution in [0.4, 0.5) is 0 Å². The number of hydrogen-bond acceptors (Lipinski definition) is 3. The summed E-state index contributed by atoms with van der Waals surface area (Å²) in [5.41, 5.74) is 0.588. The molecular formula is C15H23NO3. The lowest BCUT2D eigenvalue weighted by atomic mass is 9.91. The molecule has 2 rings (SSSR count). The highest BCUT2D eigenvalue weighted by molar-refractivity contribution is 5.85. The van der Waals surface area contributed by atoms with E-state index < -0.39 is 5.97 Å². The van der Waals surface area contributed by atoms with Gasteiger partial charge in [-0.25, -0.2) is 9.78 Å². The lowest BCUT2D eigenvalue weighted by molar-refractivity contribution is 0.0657. The van der Waals surface area contributed by atoms with E-state index in [1.807, 2.05) is 13.8 Å². The average Bonchev–Trinajstić information content (AvgIpc) is 2.73. The zero-order chi connectivity index (χ0) is 13.8. The van der Waals surface area contributed by atoms with Crippen LogP contribution in [0.15, 0.2) is 4.42 Å². The molecule has 1 aromatic rings. The van der Waals surface area contributed by atoms with Gasteiger partial charge in [0.25, 0.3) is 0 Å². The van der Waals surface area contributed by atoms with Gasteiger partial charge in [-0.2, -0.15) is 0 Å². The van der Waals surface area contributed by atoms with E-state index in [0.29, 0.717) is 17.5 Å². The van der Waals surface area contributed by atoms with Crippen molar-refractivity contribution in [2.75, 3.05) is 0 Å². The molecule has 0 amide bonds. The Morgan fingerprint density at radius 3 is 2.26 bits per heavy atom. The van der Waals surface area contributed by atoms with Gasteiger partial charge in [-0.1, -0.05) is 46.0 Å². The zero-order valence-corrected chi connectivity index (χ0v) is 11.8. The first-order chi connectivity index (χ1) is 9.09. The van der Waals surface area contributed by atoms with E-state index in [1.165, 1.54) is 32.1 Å². The van der Waals surface area contributed by atoms with Gasteiger partial charge >= 0.3 is 5.97 Å². The Labute approximate surface area is 114 Å². The summed E-state index contributed by atoms with van der Waals surface area (Å²) in [4.78, 5) is 15.7. The molecule has 0 aromatic carbocycles. The van der Waals surface area contributed by atoms with Crippen LogP contribution in [0.1, 0.15) is 92.8 Å². The molecule has 0 spiro atoms. The average molecular weight is 265 g/mol. The highest BCUT2D eigenvalue weighted by Crippen LogP contribution is 2.32. The fraction of sp³-hybridized carbons (Fsp3) is 0.733. The summed E-state index contributed by atoms with van der Waals surface area (Å²) in [6, 6.07) is 0. The number of carbonyl (C=O) groups is 1. The topological polar surface area (TPSA) is 63.3 Å². The molecule has 0 saturated heterocycles. The smallest absolute Gasteiger partial charge is 0.373 e. The molecule has 1 aliphatic rings. The molecular weight excluding hydrogens is 242 g/mol. The third-order valence-corrected chi connectivity index (χ3v) is 3.87. The second-order valence-corrected chi connectivity index (χ2v) is 5.77. The van der Waals surface area contributed by atoms with Crippen LogP contribution in [0, 0.1) is 0 Å². The van der Waals surface area contributed by atoms with E-state index in [1.54, 1.807) is 0 Å². The third kappa shape index (κ3) is 3.37. The summed E-state index contributed by atoms with van der Waals surface area (Å²) in [6.07, 6.45) is 8.35. The van der Waals surface area contributed by atoms with E-state index in [9.17, 15) is 9.90 Å². The number of carboxylic acids is 1. The number of carboxylic acid groups (broad SMARTS) is 1.